The van der Waals surface area contributed by atoms with Gasteiger partial charge in [0.2, 0.25) is 6.29 Å². The lowest BCUT2D eigenvalue weighted by molar-refractivity contribution is -0.277. The summed E-state index contributed by atoms with van der Waals surface area (Å²) in [5.74, 6) is -3.97. The number of hydrogen-bond acceptors (Lipinski definition) is 12. The molecule has 7 rings (SSSR count). The highest BCUT2D eigenvalue weighted by Crippen LogP contribution is 2.58. The third-order valence-electron chi connectivity index (χ3n) is 10.0. The van der Waals surface area contributed by atoms with Crippen molar-refractivity contribution in [3.63, 3.8) is 0 Å². The zero-order chi connectivity index (χ0) is 36.7. The molecule has 0 bridgehead atoms. The highest BCUT2D eigenvalue weighted by atomic mass is 16.7. The molecule has 3 aromatic carbocycles. The summed E-state index contributed by atoms with van der Waals surface area (Å²) in [4.78, 5) is 37.2. The SMILES string of the molecule is O=C(/C=C/c1ccc(O)c(CC2=NCN=C2)c1)N1c2cc(O[C@@H]3O[C@H](CO)[C@@H](O)[C@H](O)[C@H]3O)c(O)cc2[C@H]2[C@H](Cc3ccccc3)C=C[C@]21C(=O)O. The standard InChI is InChI=1S/C38H37N3O11/c42-18-30-33(46)34(47)35(48)36(52-30)51-29-16-26-25(15-28(29)44)32-22(12-20-4-2-1-3-5-20)10-11-38(32,37(49)50)41(26)31(45)9-7-21-6-8-27(43)23(13-21)14-24-17-39-19-40-24/h1-11,13,15-17,22,30,32-36,42-44,46-48H,12,14,18-19H2,(H,49,50)/b9-7+/t22-,30+,32+,33+,34-,35+,36+,38+/m0/s1. The summed E-state index contributed by atoms with van der Waals surface area (Å²) in [6.07, 6.45) is 0.244. The van der Waals surface area contributed by atoms with Gasteiger partial charge in [-0.15, -0.1) is 0 Å². The van der Waals surface area contributed by atoms with E-state index in [0.717, 1.165) is 10.5 Å². The third kappa shape index (κ3) is 6.14. The number of carbonyl (C=O) groups is 2. The predicted octanol–water partition coefficient (Wildman–Crippen LogP) is 1.70. The second kappa shape index (κ2) is 14.0. The number of nitrogens with zero attached hydrogens (tertiary/aromatic N) is 3. The Morgan fingerprint density at radius 3 is 2.50 bits per heavy atom. The summed E-state index contributed by atoms with van der Waals surface area (Å²) in [5.41, 5.74) is 1.32. The zero-order valence-corrected chi connectivity index (χ0v) is 27.6. The van der Waals surface area contributed by atoms with E-state index in [1.165, 1.54) is 36.4 Å². The van der Waals surface area contributed by atoms with Gasteiger partial charge < -0.3 is 45.2 Å². The number of allylic oxidation sites excluding steroid dienone is 1. The van der Waals surface area contributed by atoms with E-state index >= 15 is 0 Å². The largest absolute Gasteiger partial charge is 0.508 e. The number of carboxylic acids is 1. The lowest BCUT2D eigenvalue weighted by Gasteiger charge is -2.39. The second-order valence-corrected chi connectivity index (χ2v) is 13.2. The van der Waals surface area contributed by atoms with Crippen LogP contribution in [0.4, 0.5) is 5.69 Å². The number of carboxylic acid groups (broad SMARTS) is 1. The normalized spacial score (nSPS) is 29.0. The Hall–Kier alpha value is -5.38. The molecule has 1 saturated heterocycles. The maximum atomic E-state index is 14.3. The maximum Gasteiger partial charge on any atom is 0.334 e. The maximum absolute atomic E-state index is 14.3. The average Bonchev–Trinajstić information content (AvgIpc) is 3.85. The minimum atomic E-state index is -1.91. The molecule has 14 heteroatoms. The smallest absolute Gasteiger partial charge is 0.334 e. The first-order chi connectivity index (χ1) is 25.0. The molecule has 0 spiro atoms. The molecular formula is C38H37N3O11. The van der Waals surface area contributed by atoms with E-state index in [-0.39, 0.29) is 17.2 Å². The van der Waals surface area contributed by atoms with Gasteiger partial charge in [0, 0.05) is 36.3 Å². The zero-order valence-electron chi connectivity index (χ0n) is 27.6. The van der Waals surface area contributed by atoms with Gasteiger partial charge in [-0.1, -0.05) is 48.6 Å². The van der Waals surface area contributed by atoms with Crippen molar-refractivity contribution in [2.45, 2.75) is 55.0 Å². The number of carbonyl (C=O) groups excluding carboxylic acids is 1. The van der Waals surface area contributed by atoms with Gasteiger partial charge in [-0.25, -0.2) is 4.79 Å². The van der Waals surface area contributed by atoms with Crippen LogP contribution in [-0.2, 0) is 27.2 Å². The van der Waals surface area contributed by atoms with Gasteiger partial charge in [0.25, 0.3) is 5.91 Å². The molecule has 0 unspecified atom stereocenters. The molecular weight excluding hydrogens is 674 g/mol. The number of benzene rings is 3. The van der Waals surface area contributed by atoms with Crippen molar-refractivity contribution in [2.24, 2.45) is 15.9 Å². The van der Waals surface area contributed by atoms with Crippen LogP contribution in [0.5, 0.6) is 17.2 Å². The van der Waals surface area contributed by atoms with E-state index in [2.05, 4.69) is 9.98 Å². The average molecular weight is 712 g/mol. The molecule has 7 N–H and O–H groups in total. The van der Waals surface area contributed by atoms with Crippen molar-refractivity contribution in [3.8, 4) is 17.2 Å². The molecule has 14 nitrogen and oxygen atoms in total. The molecule has 8 atom stereocenters. The number of aliphatic imine (C=N–C) groups is 2. The molecule has 52 heavy (non-hydrogen) atoms. The number of amides is 1. The summed E-state index contributed by atoms with van der Waals surface area (Å²) in [6.45, 7) is -0.388. The number of aromatic hydroxyl groups is 2. The number of fused-ring (bicyclic) bond motifs is 3. The van der Waals surface area contributed by atoms with E-state index in [1.807, 2.05) is 30.3 Å². The molecule has 3 aliphatic heterocycles. The summed E-state index contributed by atoms with van der Waals surface area (Å²) in [7, 11) is 0. The number of aliphatic hydroxyl groups is 4. The first kappa shape index (κ1) is 35.0. The quantitative estimate of drug-likeness (QED) is 0.118. The van der Waals surface area contributed by atoms with Crippen molar-refractivity contribution >= 4 is 35.6 Å². The van der Waals surface area contributed by atoms with Crippen molar-refractivity contribution in [1.82, 2.24) is 0 Å². The van der Waals surface area contributed by atoms with Crippen LogP contribution in [0.1, 0.15) is 28.2 Å². The van der Waals surface area contributed by atoms with Gasteiger partial charge in [-0.2, -0.15) is 0 Å². The lowest BCUT2D eigenvalue weighted by Crippen LogP contribution is -2.60. The molecule has 1 amide bonds. The van der Waals surface area contributed by atoms with Crippen LogP contribution in [-0.4, -0.2) is 109 Å². The van der Waals surface area contributed by atoms with E-state index in [9.17, 15) is 45.3 Å². The molecule has 3 aromatic rings. The van der Waals surface area contributed by atoms with Crippen LogP contribution in [0, 0.1) is 5.92 Å². The number of phenolic OH excluding ortho intramolecular Hbond substituents is 2. The van der Waals surface area contributed by atoms with Gasteiger partial charge in [0.15, 0.2) is 17.0 Å². The minimum absolute atomic E-state index is 0.0416. The summed E-state index contributed by atoms with van der Waals surface area (Å²) < 4.78 is 11.3. The Kier molecular flexibility index (Phi) is 9.42. The van der Waals surface area contributed by atoms with Gasteiger partial charge in [-0.05, 0) is 53.3 Å². The number of aliphatic hydroxyl groups excluding tert-OH is 4. The summed E-state index contributed by atoms with van der Waals surface area (Å²) >= 11 is 0. The van der Waals surface area contributed by atoms with Gasteiger partial charge in [0.05, 0.1) is 18.0 Å². The van der Waals surface area contributed by atoms with Crippen LogP contribution in [0.15, 0.2) is 88.9 Å². The Labute approximate surface area is 297 Å². The van der Waals surface area contributed by atoms with Crippen LogP contribution in [0.2, 0.25) is 0 Å². The van der Waals surface area contributed by atoms with Crippen LogP contribution in [0.25, 0.3) is 6.08 Å². The Bertz CT molecular complexity index is 1990. The number of ether oxygens (including phenoxy) is 2. The minimum Gasteiger partial charge on any atom is -0.508 e. The van der Waals surface area contributed by atoms with E-state index in [1.54, 1.807) is 24.4 Å². The van der Waals surface area contributed by atoms with Crippen LogP contribution in [0.3, 0.4) is 0 Å². The van der Waals surface area contributed by atoms with Gasteiger partial charge in [-0.3, -0.25) is 19.7 Å². The number of phenols is 2. The molecule has 270 valence electrons. The highest BCUT2D eigenvalue weighted by Gasteiger charge is 2.62. The van der Waals surface area contributed by atoms with Crippen molar-refractivity contribution in [1.29, 1.82) is 0 Å². The number of aliphatic carboxylic acids is 1. The van der Waals surface area contributed by atoms with Crippen molar-refractivity contribution in [3.05, 3.63) is 101 Å². The van der Waals surface area contributed by atoms with Gasteiger partial charge >= 0.3 is 5.97 Å². The van der Waals surface area contributed by atoms with Crippen LogP contribution >= 0.6 is 0 Å². The Balaban J connectivity index is 1.27. The molecule has 0 aromatic heterocycles. The molecule has 0 radical (unpaired) electrons. The highest BCUT2D eigenvalue weighted by molar-refractivity contribution is 6.32. The predicted molar refractivity (Wildman–Crippen MR) is 188 cm³/mol. The summed E-state index contributed by atoms with van der Waals surface area (Å²) in [5, 5.41) is 73.4. The van der Waals surface area contributed by atoms with E-state index < -0.39 is 72.3 Å². The fourth-order valence-electron chi connectivity index (χ4n) is 7.47. The van der Waals surface area contributed by atoms with Crippen molar-refractivity contribution in [2.75, 3.05) is 18.2 Å². The topological polar surface area (TPSA) is 222 Å². The summed E-state index contributed by atoms with van der Waals surface area (Å²) in [6, 6.07) is 16.8. The fraction of sp³-hybridized carbons (Fsp3) is 0.316. The van der Waals surface area contributed by atoms with Crippen LogP contribution < -0.4 is 9.64 Å². The number of rotatable bonds is 10. The number of anilines is 1. The fourth-order valence-corrected chi connectivity index (χ4v) is 7.47. The molecule has 3 heterocycles. The number of hydrogen-bond donors (Lipinski definition) is 7. The Morgan fingerprint density at radius 2 is 1.79 bits per heavy atom. The first-order valence-corrected chi connectivity index (χ1v) is 16.7. The van der Waals surface area contributed by atoms with Crippen molar-refractivity contribution < 1.29 is 54.8 Å². The molecule has 1 aliphatic carbocycles. The second-order valence-electron chi connectivity index (χ2n) is 13.2. The molecule has 1 fully saturated rings. The van der Waals surface area contributed by atoms with E-state index in [4.69, 9.17) is 9.47 Å². The Morgan fingerprint density at radius 1 is 1.00 bits per heavy atom. The molecule has 4 aliphatic rings. The van der Waals surface area contributed by atoms with E-state index in [0.29, 0.717) is 41.9 Å². The first-order valence-electron chi connectivity index (χ1n) is 16.7. The van der Waals surface area contributed by atoms with Gasteiger partial charge in [0.1, 0.15) is 36.8 Å². The monoisotopic (exact) mass is 711 g/mol. The lowest BCUT2D eigenvalue weighted by atomic mass is 9.77. The third-order valence-corrected chi connectivity index (χ3v) is 10.0. The molecule has 0 saturated carbocycles.